The van der Waals surface area contributed by atoms with Crippen molar-refractivity contribution in [2.45, 2.75) is 38.6 Å². The van der Waals surface area contributed by atoms with E-state index in [1.165, 1.54) is 24.1 Å². The summed E-state index contributed by atoms with van der Waals surface area (Å²) < 4.78 is 0. The minimum absolute atomic E-state index is 0.157. The van der Waals surface area contributed by atoms with Gasteiger partial charge in [-0.1, -0.05) is 12.2 Å². The van der Waals surface area contributed by atoms with Crippen molar-refractivity contribution in [1.82, 2.24) is 10.3 Å². The average molecular weight is 288 g/mol. The van der Waals surface area contributed by atoms with E-state index < -0.39 is 0 Å². The quantitative estimate of drug-likeness (QED) is 0.864. The molecule has 20 heavy (non-hydrogen) atoms. The lowest BCUT2D eigenvalue weighted by Crippen LogP contribution is -2.36. The lowest BCUT2D eigenvalue weighted by atomic mass is 9.92. The molecule has 1 heterocycles. The first-order valence-electron chi connectivity index (χ1n) is 7.62. The minimum atomic E-state index is 0.157. The molecular formula is C16H20N2OS. The van der Waals surface area contributed by atoms with Crippen LogP contribution in [0.15, 0.2) is 18.3 Å². The highest BCUT2D eigenvalue weighted by molar-refractivity contribution is 7.11. The maximum atomic E-state index is 12.6. The third-order valence-corrected chi connectivity index (χ3v) is 5.91. The van der Waals surface area contributed by atoms with E-state index in [0.717, 1.165) is 11.4 Å². The molecule has 2 bridgehead atoms. The van der Waals surface area contributed by atoms with Crippen molar-refractivity contribution >= 4 is 17.2 Å². The second-order valence-electron chi connectivity index (χ2n) is 6.52. The number of hydrogen-bond donors (Lipinski definition) is 1. The second-order valence-corrected chi connectivity index (χ2v) is 7.79. The highest BCUT2D eigenvalue weighted by Crippen LogP contribution is 2.45. The van der Waals surface area contributed by atoms with Crippen LogP contribution in [0, 0.1) is 30.6 Å². The molecule has 0 saturated heterocycles. The van der Waals surface area contributed by atoms with Crippen LogP contribution in [0.3, 0.4) is 0 Å². The summed E-state index contributed by atoms with van der Waals surface area (Å²) in [4.78, 5) is 18.3. The normalized spacial score (nSPS) is 32.5. The Bertz CT molecular complexity index is 561. The third-order valence-electron chi connectivity index (χ3n) is 4.91. The van der Waals surface area contributed by atoms with Gasteiger partial charge in [-0.25, -0.2) is 4.98 Å². The number of carbonyl (C=O) groups excluding carboxylic acids is 1. The summed E-state index contributed by atoms with van der Waals surface area (Å²) in [6.07, 6.45) is 11.1. The van der Waals surface area contributed by atoms with Gasteiger partial charge in [0.05, 0.1) is 6.04 Å². The standard InChI is InChI=1S/C16H20N2OS/c1-9-8-17-16(20-9)14(11-4-5-11)18-15(19)13-7-10-2-3-12(13)6-10/h2-3,8,10-14H,4-7H2,1H3,(H,18,19)/t10-,12-,13+,14-/m0/s1. The van der Waals surface area contributed by atoms with Crippen LogP contribution in [0.2, 0.25) is 0 Å². The predicted octanol–water partition coefficient (Wildman–Crippen LogP) is 3.23. The summed E-state index contributed by atoms with van der Waals surface area (Å²) in [5.74, 6) is 2.20. The van der Waals surface area contributed by atoms with Crippen molar-refractivity contribution in [2.75, 3.05) is 0 Å². The average Bonchev–Trinajstić information content (AvgIpc) is 2.86. The molecule has 3 aliphatic rings. The number of nitrogens with one attached hydrogen (secondary N) is 1. The number of rotatable bonds is 4. The molecular weight excluding hydrogens is 268 g/mol. The van der Waals surface area contributed by atoms with Gasteiger partial charge >= 0.3 is 0 Å². The third kappa shape index (κ3) is 2.20. The molecule has 4 atom stereocenters. The van der Waals surface area contributed by atoms with Crippen molar-refractivity contribution < 1.29 is 4.79 Å². The molecule has 0 unspecified atom stereocenters. The van der Waals surface area contributed by atoms with Gasteiger partial charge in [0, 0.05) is 17.0 Å². The molecule has 0 radical (unpaired) electrons. The van der Waals surface area contributed by atoms with E-state index in [1.54, 1.807) is 11.3 Å². The van der Waals surface area contributed by atoms with Crippen LogP contribution in [-0.4, -0.2) is 10.9 Å². The summed E-state index contributed by atoms with van der Waals surface area (Å²) in [5.41, 5.74) is 0. The summed E-state index contributed by atoms with van der Waals surface area (Å²) in [6.45, 7) is 2.08. The fourth-order valence-corrected chi connectivity index (χ4v) is 4.59. The van der Waals surface area contributed by atoms with E-state index >= 15 is 0 Å². The molecule has 1 aromatic rings. The van der Waals surface area contributed by atoms with Gasteiger partial charge in [0.2, 0.25) is 5.91 Å². The molecule has 4 heteroatoms. The smallest absolute Gasteiger partial charge is 0.224 e. The van der Waals surface area contributed by atoms with Gasteiger partial charge in [0.15, 0.2) is 0 Å². The zero-order valence-electron chi connectivity index (χ0n) is 11.7. The van der Waals surface area contributed by atoms with Crippen molar-refractivity contribution in [2.24, 2.45) is 23.7 Å². The van der Waals surface area contributed by atoms with Crippen molar-refractivity contribution in [3.63, 3.8) is 0 Å². The first-order valence-corrected chi connectivity index (χ1v) is 8.43. The molecule has 1 amide bonds. The van der Waals surface area contributed by atoms with E-state index in [1.807, 2.05) is 6.20 Å². The molecule has 3 aliphatic carbocycles. The van der Waals surface area contributed by atoms with Crippen molar-refractivity contribution in [3.8, 4) is 0 Å². The van der Waals surface area contributed by atoms with Gasteiger partial charge < -0.3 is 5.32 Å². The summed E-state index contributed by atoms with van der Waals surface area (Å²) in [5, 5.41) is 4.40. The predicted molar refractivity (Wildman–Crippen MR) is 79.3 cm³/mol. The Hall–Kier alpha value is -1.16. The number of thiazole rings is 1. The lowest BCUT2D eigenvalue weighted by molar-refractivity contribution is -0.126. The summed E-state index contributed by atoms with van der Waals surface area (Å²) in [6, 6.07) is 0.157. The molecule has 2 fully saturated rings. The molecule has 0 aliphatic heterocycles. The maximum absolute atomic E-state index is 12.6. The van der Waals surface area contributed by atoms with Gasteiger partial charge in [-0.2, -0.15) is 0 Å². The number of amides is 1. The molecule has 3 nitrogen and oxygen atoms in total. The van der Waals surface area contributed by atoms with E-state index in [4.69, 9.17) is 0 Å². The van der Waals surface area contributed by atoms with Crippen LogP contribution in [0.4, 0.5) is 0 Å². The van der Waals surface area contributed by atoms with Crippen molar-refractivity contribution in [3.05, 3.63) is 28.2 Å². The van der Waals surface area contributed by atoms with E-state index in [0.29, 0.717) is 17.8 Å². The van der Waals surface area contributed by atoms with Crippen LogP contribution >= 0.6 is 11.3 Å². The maximum Gasteiger partial charge on any atom is 0.224 e. The van der Waals surface area contributed by atoms with Crippen LogP contribution < -0.4 is 5.32 Å². The molecule has 106 valence electrons. The molecule has 1 aromatic heterocycles. The van der Waals surface area contributed by atoms with Gasteiger partial charge in [-0.15, -0.1) is 11.3 Å². The molecule has 4 rings (SSSR count). The zero-order chi connectivity index (χ0) is 13.7. The number of allylic oxidation sites excluding steroid dienone is 2. The number of hydrogen-bond acceptors (Lipinski definition) is 3. The fourth-order valence-electron chi connectivity index (χ4n) is 3.67. The number of carbonyl (C=O) groups is 1. The zero-order valence-corrected chi connectivity index (χ0v) is 12.5. The SMILES string of the molecule is Cc1cnc([C@@H](NC(=O)[C@@H]2C[C@H]3C=C[C@H]2C3)C2CC2)s1. The van der Waals surface area contributed by atoms with Crippen LogP contribution in [0.25, 0.3) is 0 Å². The second kappa shape index (κ2) is 4.69. The number of nitrogens with zero attached hydrogens (tertiary/aromatic N) is 1. The Morgan fingerprint density at radius 1 is 1.40 bits per heavy atom. The Balaban J connectivity index is 1.48. The monoisotopic (exact) mass is 288 g/mol. The molecule has 0 aromatic carbocycles. The first kappa shape index (κ1) is 12.6. The van der Waals surface area contributed by atoms with E-state index in [9.17, 15) is 4.79 Å². The molecule has 2 saturated carbocycles. The van der Waals surface area contributed by atoms with Gasteiger partial charge in [0.25, 0.3) is 0 Å². The topological polar surface area (TPSA) is 42.0 Å². The Kier molecular flexibility index (Phi) is 2.95. The van der Waals surface area contributed by atoms with Gasteiger partial charge in [0.1, 0.15) is 5.01 Å². The van der Waals surface area contributed by atoms with Crippen LogP contribution in [0.1, 0.15) is 41.6 Å². The Morgan fingerprint density at radius 2 is 2.25 bits per heavy atom. The van der Waals surface area contributed by atoms with Crippen LogP contribution in [0.5, 0.6) is 0 Å². The van der Waals surface area contributed by atoms with Gasteiger partial charge in [-0.3, -0.25) is 4.79 Å². The largest absolute Gasteiger partial charge is 0.346 e. The van der Waals surface area contributed by atoms with Crippen LogP contribution in [-0.2, 0) is 4.79 Å². The lowest BCUT2D eigenvalue weighted by Gasteiger charge is -2.22. The van der Waals surface area contributed by atoms with Gasteiger partial charge in [-0.05, 0) is 50.4 Å². The Labute approximate surface area is 123 Å². The number of fused-ring (bicyclic) bond motifs is 2. The van der Waals surface area contributed by atoms with E-state index in [-0.39, 0.29) is 17.9 Å². The molecule has 1 N–H and O–H groups in total. The van der Waals surface area contributed by atoms with E-state index in [2.05, 4.69) is 29.4 Å². The van der Waals surface area contributed by atoms with Crippen molar-refractivity contribution in [1.29, 1.82) is 0 Å². The molecule has 0 spiro atoms. The number of aromatic nitrogens is 1. The minimum Gasteiger partial charge on any atom is -0.346 e. The highest BCUT2D eigenvalue weighted by Gasteiger charge is 2.42. The summed E-state index contributed by atoms with van der Waals surface area (Å²) in [7, 11) is 0. The first-order chi connectivity index (χ1) is 9.70. The Morgan fingerprint density at radius 3 is 2.80 bits per heavy atom. The fraction of sp³-hybridized carbons (Fsp3) is 0.625. The highest BCUT2D eigenvalue weighted by atomic mass is 32.1. The number of aryl methyl sites for hydroxylation is 1. The summed E-state index contributed by atoms with van der Waals surface area (Å²) >= 11 is 1.72.